The summed E-state index contributed by atoms with van der Waals surface area (Å²) in [6.07, 6.45) is 8.43. The van der Waals surface area contributed by atoms with Crippen molar-refractivity contribution in [2.24, 2.45) is 0 Å². The summed E-state index contributed by atoms with van der Waals surface area (Å²) in [5, 5.41) is 6.64. The van der Waals surface area contributed by atoms with E-state index in [9.17, 15) is 4.79 Å². The average Bonchev–Trinajstić information content (AvgIpc) is 3.28. The summed E-state index contributed by atoms with van der Waals surface area (Å²) in [6, 6.07) is 10.1. The third-order valence-corrected chi connectivity index (χ3v) is 4.95. The fourth-order valence-electron chi connectivity index (χ4n) is 3.48. The van der Waals surface area contributed by atoms with Gasteiger partial charge in [0.05, 0.1) is 0 Å². The minimum absolute atomic E-state index is 0.0860. The first-order valence-electron chi connectivity index (χ1n) is 8.91. The molecule has 1 aliphatic heterocycles. The van der Waals surface area contributed by atoms with Crippen LogP contribution in [0.3, 0.4) is 0 Å². The predicted octanol–water partition coefficient (Wildman–Crippen LogP) is 2.37. The van der Waals surface area contributed by atoms with Crippen molar-refractivity contribution in [3.05, 3.63) is 54.1 Å². The lowest BCUT2D eigenvalue weighted by molar-refractivity contribution is -0.123. The zero-order valence-electron chi connectivity index (χ0n) is 13.8. The quantitative estimate of drug-likeness (QED) is 0.858. The number of hydrogen-bond donors (Lipinski definition) is 2. The van der Waals surface area contributed by atoms with Gasteiger partial charge < -0.3 is 15.2 Å². The van der Waals surface area contributed by atoms with Crippen LogP contribution in [0.2, 0.25) is 0 Å². The summed E-state index contributed by atoms with van der Waals surface area (Å²) in [7, 11) is 0. The Labute approximate surface area is 142 Å². The highest BCUT2D eigenvalue weighted by Gasteiger charge is 2.29. The molecule has 2 atom stereocenters. The Morgan fingerprint density at radius 1 is 1.25 bits per heavy atom. The first-order valence-corrected chi connectivity index (χ1v) is 8.91. The van der Waals surface area contributed by atoms with Crippen molar-refractivity contribution in [2.75, 3.05) is 6.54 Å². The summed E-state index contributed by atoms with van der Waals surface area (Å²) in [4.78, 5) is 17.2. The van der Waals surface area contributed by atoms with Crippen LogP contribution >= 0.6 is 0 Å². The summed E-state index contributed by atoms with van der Waals surface area (Å²) in [5.41, 5.74) is 1.02. The van der Waals surface area contributed by atoms with Gasteiger partial charge in [-0.2, -0.15) is 0 Å². The van der Waals surface area contributed by atoms with E-state index in [2.05, 4.69) is 26.4 Å². The summed E-state index contributed by atoms with van der Waals surface area (Å²) in [6.45, 7) is 1.82. The highest BCUT2D eigenvalue weighted by molar-refractivity contribution is 5.83. The molecule has 1 aromatic heterocycles. The van der Waals surface area contributed by atoms with E-state index in [-0.39, 0.29) is 11.9 Å². The molecule has 0 bridgehead atoms. The van der Waals surface area contributed by atoms with Crippen molar-refractivity contribution in [2.45, 2.75) is 50.2 Å². The first kappa shape index (κ1) is 15.4. The Morgan fingerprint density at radius 3 is 2.88 bits per heavy atom. The highest BCUT2D eigenvalue weighted by Crippen LogP contribution is 2.26. The fraction of sp³-hybridized carbons (Fsp3) is 0.474. The molecule has 0 radical (unpaired) electrons. The van der Waals surface area contributed by atoms with Gasteiger partial charge in [-0.1, -0.05) is 30.3 Å². The van der Waals surface area contributed by atoms with E-state index < -0.39 is 0 Å². The molecule has 1 aliphatic carbocycles. The van der Waals surface area contributed by atoms with Crippen molar-refractivity contribution in [3.63, 3.8) is 0 Å². The van der Waals surface area contributed by atoms with Crippen LogP contribution in [0.25, 0.3) is 0 Å². The van der Waals surface area contributed by atoms with Crippen LogP contribution in [0.4, 0.5) is 0 Å². The number of aromatic nitrogens is 2. The molecule has 1 aromatic carbocycles. The van der Waals surface area contributed by atoms with Gasteiger partial charge in [0.2, 0.25) is 5.91 Å². The topological polar surface area (TPSA) is 59.0 Å². The van der Waals surface area contributed by atoms with Crippen molar-refractivity contribution in [1.29, 1.82) is 0 Å². The second-order valence-corrected chi connectivity index (χ2v) is 6.85. The van der Waals surface area contributed by atoms with Crippen LogP contribution in [0.1, 0.15) is 49.0 Å². The van der Waals surface area contributed by atoms with Gasteiger partial charge in [0.15, 0.2) is 0 Å². The number of hydrogen-bond acceptors (Lipinski definition) is 3. The van der Waals surface area contributed by atoms with Crippen LogP contribution in [0, 0.1) is 0 Å². The second-order valence-electron chi connectivity index (χ2n) is 6.85. The van der Waals surface area contributed by atoms with Gasteiger partial charge in [0.1, 0.15) is 11.9 Å². The molecular weight excluding hydrogens is 300 g/mol. The average molecular weight is 324 g/mol. The maximum atomic E-state index is 12.7. The third kappa shape index (κ3) is 3.36. The number of nitrogens with zero attached hydrogens (tertiary/aromatic N) is 2. The van der Waals surface area contributed by atoms with Crippen molar-refractivity contribution in [3.8, 4) is 0 Å². The maximum Gasteiger partial charge on any atom is 0.241 e. The molecule has 0 spiro atoms. The highest BCUT2D eigenvalue weighted by atomic mass is 16.2. The summed E-state index contributed by atoms with van der Waals surface area (Å²) >= 11 is 0. The smallest absolute Gasteiger partial charge is 0.241 e. The van der Waals surface area contributed by atoms with Gasteiger partial charge in [-0.25, -0.2) is 4.98 Å². The largest absolute Gasteiger partial charge is 0.352 e. The predicted molar refractivity (Wildman–Crippen MR) is 92.6 cm³/mol. The number of carbonyl (C=O) groups excluding carboxylic acids is 1. The van der Waals surface area contributed by atoms with Gasteiger partial charge in [-0.3, -0.25) is 4.79 Å². The normalized spacial score (nSPS) is 21.1. The van der Waals surface area contributed by atoms with Crippen LogP contribution in [0.5, 0.6) is 0 Å². The molecule has 2 unspecified atom stereocenters. The van der Waals surface area contributed by atoms with Gasteiger partial charge >= 0.3 is 0 Å². The SMILES string of the molecule is O=C(NC1CC1)C(NCC1CCCn2ccnc21)c1ccccc1. The number of nitrogens with one attached hydrogen (secondary N) is 2. The van der Waals surface area contributed by atoms with Gasteiger partial charge in [0.25, 0.3) is 0 Å². The second kappa shape index (κ2) is 6.77. The zero-order chi connectivity index (χ0) is 16.4. The molecule has 1 fully saturated rings. The molecule has 24 heavy (non-hydrogen) atoms. The molecule has 4 rings (SSSR count). The standard InChI is InChI=1S/C19H24N4O/c24-19(22-16-8-9-16)17(14-5-2-1-3-6-14)21-13-15-7-4-11-23-12-10-20-18(15)23/h1-3,5-6,10,12,15-17,21H,4,7-9,11,13H2,(H,22,24). The Bertz CT molecular complexity index is 692. The lowest BCUT2D eigenvalue weighted by Crippen LogP contribution is -2.40. The Kier molecular flexibility index (Phi) is 4.34. The van der Waals surface area contributed by atoms with E-state index >= 15 is 0 Å². The molecule has 1 amide bonds. The molecule has 2 aromatic rings. The van der Waals surface area contributed by atoms with Gasteiger partial charge in [-0.15, -0.1) is 0 Å². The Balaban J connectivity index is 1.47. The maximum absolute atomic E-state index is 12.7. The van der Waals surface area contributed by atoms with E-state index in [0.29, 0.717) is 12.0 Å². The summed E-state index contributed by atoms with van der Waals surface area (Å²) in [5.74, 6) is 1.60. The molecule has 2 aliphatic rings. The van der Waals surface area contributed by atoms with Gasteiger partial charge in [0, 0.05) is 37.4 Å². The van der Waals surface area contributed by atoms with E-state index in [4.69, 9.17) is 0 Å². The van der Waals surface area contributed by atoms with Crippen molar-refractivity contribution >= 4 is 5.91 Å². The zero-order valence-corrected chi connectivity index (χ0v) is 13.8. The van der Waals surface area contributed by atoms with Crippen LogP contribution in [-0.2, 0) is 11.3 Å². The molecule has 2 N–H and O–H groups in total. The number of aryl methyl sites for hydroxylation is 1. The van der Waals surface area contributed by atoms with E-state index in [1.165, 1.54) is 6.42 Å². The number of fused-ring (bicyclic) bond motifs is 1. The monoisotopic (exact) mass is 324 g/mol. The third-order valence-electron chi connectivity index (χ3n) is 4.95. The van der Waals surface area contributed by atoms with Gasteiger partial charge in [-0.05, 0) is 31.2 Å². The number of amides is 1. The Hall–Kier alpha value is -2.14. The minimum atomic E-state index is -0.294. The number of carbonyl (C=O) groups is 1. The van der Waals surface area contributed by atoms with Crippen LogP contribution in [0.15, 0.2) is 42.7 Å². The number of imidazole rings is 1. The Morgan fingerprint density at radius 2 is 2.08 bits per heavy atom. The molecule has 1 saturated carbocycles. The fourth-order valence-corrected chi connectivity index (χ4v) is 3.48. The molecule has 5 heteroatoms. The molecular formula is C19H24N4O. The van der Waals surface area contributed by atoms with E-state index in [1.807, 2.05) is 36.5 Å². The van der Waals surface area contributed by atoms with E-state index in [0.717, 1.165) is 43.7 Å². The van der Waals surface area contributed by atoms with Crippen molar-refractivity contribution < 1.29 is 4.79 Å². The molecule has 126 valence electrons. The lowest BCUT2D eigenvalue weighted by Gasteiger charge is -2.26. The molecule has 5 nitrogen and oxygen atoms in total. The van der Waals surface area contributed by atoms with Crippen LogP contribution < -0.4 is 10.6 Å². The van der Waals surface area contributed by atoms with Crippen molar-refractivity contribution in [1.82, 2.24) is 20.2 Å². The lowest BCUT2D eigenvalue weighted by atomic mass is 9.97. The first-order chi connectivity index (χ1) is 11.8. The minimum Gasteiger partial charge on any atom is -0.352 e. The van der Waals surface area contributed by atoms with E-state index in [1.54, 1.807) is 0 Å². The molecule has 0 saturated heterocycles. The number of benzene rings is 1. The summed E-state index contributed by atoms with van der Waals surface area (Å²) < 4.78 is 2.23. The molecule has 2 heterocycles. The number of rotatable bonds is 6. The van der Waals surface area contributed by atoms with Crippen LogP contribution in [-0.4, -0.2) is 28.0 Å².